The summed E-state index contributed by atoms with van der Waals surface area (Å²) in [4.78, 5) is 31.9. The summed E-state index contributed by atoms with van der Waals surface area (Å²) in [6, 6.07) is 19.5. The van der Waals surface area contributed by atoms with Crippen molar-refractivity contribution in [2.75, 3.05) is 4.90 Å². The second-order valence-corrected chi connectivity index (χ2v) is 9.10. The number of rotatable bonds is 3. The van der Waals surface area contributed by atoms with Gasteiger partial charge in [0.25, 0.3) is 5.78 Å². The number of anilines is 1. The molecule has 1 amide bonds. The second kappa shape index (κ2) is 8.08. The first-order valence-electron chi connectivity index (χ1n) is 10.6. The molecule has 1 fully saturated rings. The molecule has 4 rings (SSSR count). The van der Waals surface area contributed by atoms with Crippen molar-refractivity contribution in [1.29, 1.82) is 0 Å². The molecular weight excluding hydrogens is 400 g/mol. The van der Waals surface area contributed by atoms with Crippen LogP contribution < -0.4 is 4.90 Å². The van der Waals surface area contributed by atoms with E-state index in [0.717, 1.165) is 16.7 Å². The summed E-state index contributed by atoms with van der Waals surface area (Å²) in [5.41, 5.74) is 3.42. The summed E-state index contributed by atoms with van der Waals surface area (Å²) < 4.78 is 0. The van der Waals surface area contributed by atoms with E-state index in [2.05, 4.69) is 25.8 Å². The van der Waals surface area contributed by atoms with Crippen LogP contribution in [-0.2, 0) is 15.0 Å². The predicted molar refractivity (Wildman–Crippen MR) is 125 cm³/mol. The monoisotopic (exact) mass is 426 g/mol. The predicted octanol–water partition coefficient (Wildman–Crippen LogP) is 5.31. The van der Waals surface area contributed by atoms with Gasteiger partial charge in [-0.1, -0.05) is 80.9 Å². The fraction of sp³-hybridized carbons (Fsp3) is 0.222. The molecule has 32 heavy (non-hydrogen) atoms. The number of pyridine rings is 1. The summed E-state index contributed by atoms with van der Waals surface area (Å²) in [7, 11) is 0. The molecule has 5 nitrogen and oxygen atoms in total. The number of hydrogen-bond acceptors (Lipinski definition) is 4. The number of amides is 1. The third-order valence-electron chi connectivity index (χ3n) is 5.76. The molecule has 1 atom stereocenters. The van der Waals surface area contributed by atoms with E-state index in [-0.39, 0.29) is 16.7 Å². The first-order valence-corrected chi connectivity index (χ1v) is 10.6. The molecule has 1 aliphatic rings. The molecular formula is C27H26N2O3. The number of nitrogens with zero attached hydrogens (tertiary/aromatic N) is 2. The van der Waals surface area contributed by atoms with Crippen molar-refractivity contribution in [3.8, 4) is 0 Å². The molecule has 1 N–H and O–H groups in total. The van der Waals surface area contributed by atoms with Crippen LogP contribution in [0.1, 0.15) is 49.1 Å². The van der Waals surface area contributed by atoms with Crippen LogP contribution in [0.25, 0.3) is 5.76 Å². The van der Waals surface area contributed by atoms with Crippen molar-refractivity contribution in [2.24, 2.45) is 0 Å². The Morgan fingerprint density at radius 3 is 2.16 bits per heavy atom. The van der Waals surface area contributed by atoms with Gasteiger partial charge in [-0.15, -0.1) is 0 Å². The number of carbonyl (C=O) groups is 2. The zero-order valence-corrected chi connectivity index (χ0v) is 18.7. The Balaban J connectivity index is 1.91. The van der Waals surface area contributed by atoms with Crippen LogP contribution in [0.5, 0.6) is 0 Å². The number of ketones is 1. The topological polar surface area (TPSA) is 70.5 Å². The summed E-state index contributed by atoms with van der Waals surface area (Å²) >= 11 is 0. The van der Waals surface area contributed by atoms with Crippen LogP contribution in [-0.4, -0.2) is 21.8 Å². The zero-order chi connectivity index (χ0) is 23.0. The highest BCUT2D eigenvalue weighted by Gasteiger charge is 2.47. The lowest BCUT2D eigenvalue weighted by Crippen LogP contribution is -2.30. The summed E-state index contributed by atoms with van der Waals surface area (Å²) in [5, 5.41) is 11.1. The molecule has 1 saturated heterocycles. The summed E-state index contributed by atoms with van der Waals surface area (Å²) in [6.45, 7) is 8.32. The van der Waals surface area contributed by atoms with Gasteiger partial charge in [-0.05, 0) is 35.6 Å². The molecule has 1 aliphatic heterocycles. The van der Waals surface area contributed by atoms with Crippen molar-refractivity contribution < 1.29 is 14.7 Å². The number of aliphatic hydroxyl groups excluding tert-OH is 1. The fourth-order valence-corrected chi connectivity index (χ4v) is 3.91. The average Bonchev–Trinajstić information content (AvgIpc) is 3.04. The molecule has 162 valence electrons. The maximum Gasteiger partial charge on any atom is 0.301 e. The number of aliphatic hydroxyl groups is 1. The number of aromatic nitrogens is 1. The van der Waals surface area contributed by atoms with Crippen LogP contribution in [0.2, 0.25) is 0 Å². The number of aryl methyl sites for hydroxylation is 1. The van der Waals surface area contributed by atoms with E-state index in [1.54, 1.807) is 36.5 Å². The van der Waals surface area contributed by atoms with Gasteiger partial charge in [-0.3, -0.25) is 14.5 Å². The summed E-state index contributed by atoms with van der Waals surface area (Å²) in [6.07, 6.45) is 1.58. The molecule has 0 aliphatic carbocycles. The zero-order valence-electron chi connectivity index (χ0n) is 18.7. The first-order chi connectivity index (χ1) is 15.2. The Morgan fingerprint density at radius 1 is 0.938 bits per heavy atom. The summed E-state index contributed by atoms with van der Waals surface area (Å²) in [5.74, 6) is -1.25. The van der Waals surface area contributed by atoms with Crippen molar-refractivity contribution in [2.45, 2.75) is 39.2 Å². The van der Waals surface area contributed by atoms with E-state index >= 15 is 0 Å². The normalized spacial score (nSPS) is 18.2. The molecule has 5 heteroatoms. The highest BCUT2D eigenvalue weighted by atomic mass is 16.3. The van der Waals surface area contributed by atoms with Crippen molar-refractivity contribution in [3.63, 3.8) is 0 Å². The third kappa shape index (κ3) is 3.82. The molecule has 0 unspecified atom stereocenters. The molecule has 3 aromatic rings. The van der Waals surface area contributed by atoms with Gasteiger partial charge in [0.1, 0.15) is 11.6 Å². The van der Waals surface area contributed by atoms with Crippen LogP contribution in [0.15, 0.2) is 78.5 Å². The van der Waals surface area contributed by atoms with Crippen molar-refractivity contribution in [3.05, 3.63) is 101 Å². The Hall–Kier alpha value is -3.73. The molecule has 0 saturated carbocycles. The largest absolute Gasteiger partial charge is 0.507 e. The maximum absolute atomic E-state index is 13.1. The van der Waals surface area contributed by atoms with E-state index in [4.69, 9.17) is 0 Å². The average molecular weight is 427 g/mol. The van der Waals surface area contributed by atoms with Crippen LogP contribution >= 0.6 is 0 Å². The standard InChI is InChI=1S/C27H26N2O3/c1-17-8-10-19(11-9-17)24(30)22-23(18-12-14-20(15-13-18)27(2,3)4)29(26(32)25(22)31)21-7-5-6-16-28-21/h5-16,23,30H,1-4H3/b24-22+/t23-/m1/s1. The fourth-order valence-electron chi connectivity index (χ4n) is 3.91. The number of benzene rings is 2. The van der Waals surface area contributed by atoms with Gasteiger partial charge in [0.15, 0.2) is 0 Å². The van der Waals surface area contributed by atoms with Gasteiger partial charge in [-0.25, -0.2) is 4.98 Å². The van der Waals surface area contributed by atoms with Crippen LogP contribution in [0.4, 0.5) is 5.82 Å². The third-order valence-corrected chi connectivity index (χ3v) is 5.76. The Bertz CT molecular complexity index is 1190. The van der Waals surface area contributed by atoms with Crippen molar-refractivity contribution in [1.82, 2.24) is 4.98 Å². The van der Waals surface area contributed by atoms with E-state index in [1.807, 2.05) is 43.3 Å². The number of hydrogen-bond donors (Lipinski definition) is 1. The maximum atomic E-state index is 13.1. The Kier molecular flexibility index (Phi) is 5.43. The lowest BCUT2D eigenvalue weighted by atomic mass is 9.85. The number of Topliss-reactive ketones (excluding diaryl/α,β-unsaturated/α-hetero) is 1. The quantitative estimate of drug-likeness (QED) is 0.350. The molecule has 0 spiro atoms. The first kappa shape index (κ1) is 21.5. The smallest absolute Gasteiger partial charge is 0.301 e. The number of carbonyl (C=O) groups excluding carboxylic acids is 2. The van der Waals surface area contributed by atoms with Gasteiger partial charge in [0.2, 0.25) is 0 Å². The SMILES string of the molecule is Cc1ccc(/C(O)=C2\C(=O)C(=O)N(c3ccccn3)[C@@H]2c2ccc(C(C)(C)C)cc2)cc1. The molecule has 2 aromatic carbocycles. The van der Waals surface area contributed by atoms with E-state index < -0.39 is 17.7 Å². The van der Waals surface area contributed by atoms with Gasteiger partial charge >= 0.3 is 5.91 Å². The lowest BCUT2D eigenvalue weighted by Gasteiger charge is -2.25. The minimum absolute atomic E-state index is 0.0385. The van der Waals surface area contributed by atoms with Crippen LogP contribution in [0.3, 0.4) is 0 Å². The second-order valence-electron chi connectivity index (χ2n) is 9.10. The molecule has 1 aromatic heterocycles. The highest BCUT2D eigenvalue weighted by Crippen LogP contribution is 2.41. The van der Waals surface area contributed by atoms with Crippen LogP contribution in [0, 0.1) is 6.92 Å². The Morgan fingerprint density at radius 2 is 1.59 bits per heavy atom. The lowest BCUT2D eigenvalue weighted by molar-refractivity contribution is -0.132. The molecule has 2 heterocycles. The van der Waals surface area contributed by atoms with Gasteiger partial charge in [0, 0.05) is 11.8 Å². The van der Waals surface area contributed by atoms with E-state index in [9.17, 15) is 14.7 Å². The Labute approximate surface area is 188 Å². The molecule has 0 radical (unpaired) electrons. The minimum atomic E-state index is -0.778. The highest BCUT2D eigenvalue weighted by molar-refractivity contribution is 6.51. The van der Waals surface area contributed by atoms with Gasteiger partial charge in [-0.2, -0.15) is 0 Å². The van der Waals surface area contributed by atoms with Crippen molar-refractivity contribution >= 4 is 23.3 Å². The molecule has 0 bridgehead atoms. The van der Waals surface area contributed by atoms with Gasteiger partial charge in [0.05, 0.1) is 11.6 Å². The van der Waals surface area contributed by atoms with E-state index in [0.29, 0.717) is 11.4 Å². The van der Waals surface area contributed by atoms with E-state index in [1.165, 1.54) is 4.90 Å². The van der Waals surface area contributed by atoms with Gasteiger partial charge < -0.3 is 5.11 Å². The minimum Gasteiger partial charge on any atom is -0.507 e.